The number of piperidine rings is 2. The van der Waals surface area contributed by atoms with Crippen LogP contribution < -0.4 is 5.32 Å². The Morgan fingerprint density at radius 2 is 1.11 bits per heavy atom. The third-order valence-corrected chi connectivity index (χ3v) is 13.3. The van der Waals surface area contributed by atoms with Crippen LogP contribution in [0.1, 0.15) is 134 Å². The van der Waals surface area contributed by atoms with Crippen LogP contribution in [0.4, 0.5) is 11.4 Å². The van der Waals surface area contributed by atoms with Gasteiger partial charge < -0.3 is 34.6 Å². The van der Waals surface area contributed by atoms with E-state index in [0.29, 0.717) is 39.9 Å². The maximum absolute atomic E-state index is 14.4. The first-order chi connectivity index (χ1) is 27.6. The highest BCUT2D eigenvalue weighted by Gasteiger charge is 2.30. The van der Waals surface area contributed by atoms with Crippen LogP contribution in [0.3, 0.4) is 0 Å². The number of hydrogen-bond acceptors (Lipinski definition) is 8. The molecule has 0 atom stereocenters. The Hall–Kier alpha value is -3.47. The number of nitrogens with one attached hydrogen (secondary N) is 1. The molecule has 5 fully saturated rings. The van der Waals surface area contributed by atoms with Crippen molar-refractivity contribution in [1.82, 2.24) is 24.5 Å². The van der Waals surface area contributed by atoms with E-state index >= 15 is 0 Å². The van der Waals surface area contributed by atoms with Gasteiger partial charge in [0.1, 0.15) is 5.60 Å². The summed E-state index contributed by atoms with van der Waals surface area (Å²) in [5.41, 5.74) is 3.06. The van der Waals surface area contributed by atoms with Gasteiger partial charge in [0.15, 0.2) is 0 Å². The molecule has 2 amide bonds. The van der Waals surface area contributed by atoms with Crippen LogP contribution in [-0.2, 0) is 11.2 Å². The van der Waals surface area contributed by atoms with Gasteiger partial charge in [0.2, 0.25) is 0 Å². The third kappa shape index (κ3) is 11.6. The summed E-state index contributed by atoms with van der Waals surface area (Å²) in [6, 6.07) is 11.5. The fourth-order valence-electron chi connectivity index (χ4n) is 9.71. The Morgan fingerprint density at radius 1 is 0.596 bits per heavy atom. The second kappa shape index (κ2) is 19.5. The Labute approximate surface area is 342 Å². The van der Waals surface area contributed by atoms with Gasteiger partial charge in [-0.15, -0.1) is 0 Å². The molecule has 10 heteroatoms. The first kappa shape index (κ1) is 41.7. The van der Waals surface area contributed by atoms with Crippen LogP contribution in [0.15, 0.2) is 36.4 Å². The number of ether oxygens (including phenoxy) is 1. The molecular weight excluding hydrogens is 713 g/mol. The third-order valence-electron chi connectivity index (χ3n) is 13.3. The van der Waals surface area contributed by atoms with E-state index in [2.05, 4.69) is 26.1 Å². The molecule has 5 aliphatic heterocycles. The van der Waals surface area contributed by atoms with Gasteiger partial charge >= 0.3 is 5.97 Å². The van der Waals surface area contributed by atoms with Crippen molar-refractivity contribution < 1.29 is 19.1 Å². The highest BCUT2D eigenvalue weighted by Crippen LogP contribution is 2.32. The van der Waals surface area contributed by atoms with E-state index in [1.54, 1.807) is 0 Å². The molecule has 312 valence electrons. The largest absolute Gasteiger partial charge is 0.456 e. The van der Waals surface area contributed by atoms with E-state index in [-0.39, 0.29) is 11.8 Å². The van der Waals surface area contributed by atoms with Gasteiger partial charge in [-0.1, -0.05) is 6.07 Å². The van der Waals surface area contributed by atoms with Gasteiger partial charge in [-0.05, 0) is 204 Å². The molecule has 0 spiro atoms. The number of nitrogens with zero attached hydrogens (tertiary/aromatic N) is 5. The highest BCUT2D eigenvalue weighted by molar-refractivity contribution is 6.04. The number of anilines is 2. The number of carbonyl (C=O) groups excluding carboxylic acids is 3. The molecule has 0 aromatic heterocycles. The number of hydrogen-bond donors (Lipinski definition) is 1. The molecule has 0 bridgehead atoms. The lowest BCUT2D eigenvalue weighted by Crippen LogP contribution is -2.40. The second-order valence-electron chi connectivity index (χ2n) is 18.7. The number of esters is 1. The van der Waals surface area contributed by atoms with Crippen LogP contribution >= 0.6 is 0 Å². The second-order valence-corrected chi connectivity index (χ2v) is 18.7. The normalized spacial score (nSPS) is 20.8. The fraction of sp³-hybridized carbons (Fsp3) is 0.681. The van der Waals surface area contributed by atoms with Crippen LogP contribution in [0.2, 0.25) is 0 Å². The molecule has 0 radical (unpaired) electrons. The molecule has 0 saturated carbocycles. The molecular formula is C47H70N6O4. The molecule has 0 aliphatic carbocycles. The monoisotopic (exact) mass is 783 g/mol. The summed E-state index contributed by atoms with van der Waals surface area (Å²) in [5, 5.41) is 3.52. The first-order valence-electron chi connectivity index (χ1n) is 22.6. The average molecular weight is 783 g/mol. The molecule has 5 saturated heterocycles. The predicted molar refractivity (Wildman–Crippen MR) is 229 cm³/mol. The van der Waals surface area contributed by atoms with E-state index in [9.17, 15) is 14.4 Å². The van der Waals surface area contributed by atoms with E-state index in [0.717, 1.165) is 90.0 Å². The number of amides is 2. The summed E-state index contributed by atoms with van der Waals surface area (Å²) in [6.07, 6.45) is 15.1. The maximum Gasteiger partial charge on any atom is 0.340 e. The van der Waals surface area contributed by atoms with Gasteiger partial charge in [0.05, 0.1) is 22.5 Å². The van der Waals surface area contributed by atoms with Crippen LogP contribution in [0.25, 0.3) is 0 Å². The molecule has 5 heterocycles. The van der Waals surface area contributed by atoms with E-state index in [1.165, 1.54) is 84.1 Å². The van der Waals surface area contributed by atoms with E-state index in [1.807, 2.05) is 60.9 Å². The van der Waals surface area contributed by atoms with Crippen molar-refractivity contribution in [3.8, 4) is 0 Å². The van der Waals surface area contributed by atoms with Gasteiger partial charge in [-0.3, -0.25) is 9.59 Å². The summed E-state index contributed by atoms with van der Waals surface area (Å²) in [7, 11) is 0. The van der Waals surface area contributed by atoms with E-state index in [4.69, 9.17) is 4.74 Å². The smallest absolute Gasteiger partial charge is 0.340 e. The van der Waals surface area contributed by atoms with Crippen LogP contribution in [0, 0.1) is 11.8 Å². The number of likely N-dealkylation sites (tertiary alicyclic amines) is 5. The van der Waals surface area contributed by atoms with Gasteiger partial charge in [-0.2, -0.15) is 0 Å². The Bertz CT molecular complexity index is 1660. The van der Waals surface area contributed by atoms with Gasteiger partial charge in [-0.25, -0.2) is 4.79 Å². The zero-order valence-corrected chi connectivity index (χ0v) is 35.4. The summed E-state index contributed by atoms with van der Waals surface area (Å²) >= 11 is 0. The molecule has 10 nitrogen and oxygen atoms in total. The lowest BCUT2D eigenvalue weighted by Gasteiger charge is -2.34. The molecule has 1 N–H and O–H groups in total. The topological polar surface area (TPSA) is 88.7 Å². The SMILES string of the molecule is CC(C)(C)OC(=O)c1cc(CCN2CCCC2)ccc1Nc1cc(C(=O)N2CCC(CCN3CCCC3)CC2)ccc1C(=O)N1CCC(CCN2CCCC2)CC1. The lowest BCUT2D eigenvalue weighted by atomic mass is 9.92. The number of carbonyl (C=O) groups is 3. The highest BCUT2D eigenvalue weighted by atomic mass is 16.6. The van der Waals surface area contributed by atoms with Gasteiger partial charge in [0.25, 0.3) is 11.8 Å². The summed E-state index contributed by atoms with van der Waals surface area (Å²) in [5.74, 6) is 0.849. The van der Waals surface area contributed by atoms with Crippen LogP contribution in [-0.4, -0.2) is 133 Å². The van der Waals surface area contributed by atoms with Crippen LogP contribution in [0.5, 0.6) is 0 Å². The number of benzene rings is 2. The molecule has 2 aromatic carbocycles. The standard InChI is InChI=1S/C47H70N6O4/c1-47(2,3)57-46(56)41-34-38(16-29-51-25-8-9-26-51)10-13-42(41)48-43-35-39(44(54)52-30-17-36(18-31-52)14-27-49-21-4-5-22-49)11-12-40(43)45(55)53-32-19-37(20-33-53)15-28-50-23-6-7-24-50/h10-13,34-37,48H,4-9,14-33H2,1-3H3. The molecule has 57 heavy (non-hydrogen) atoms. The summed E-state index contributed by atoms with van der Waals surface area (Å²) < 4.78 is 5.94. The van der Waals surface area contributed by atoms with E-state index < -0.39 is 11.6 Å². The Balaban J connectivity index is 1.09. The minimum Gasteiger partial charge on any atom is -0.456 e. The Morgan fingerprint density at radius 3 is 1.63 bits per heavy atom. The maximum atomic E-state index is 14.4. The molecule has 2 aromatic rings. The molecule has 5 aliphatic rings. The predicted octanol–water partition coefficient (Wildman–Crippen LogP) is 7.70. The average Bonchev–Trinajstić information content (AvgIpc) is 4.04. The minimum absolute atomic E-state index is 0.00140. The molecule has 7 rings (SSSR count). The van der Waals surface area contributed by atoms with Crippen molar-refractivity contribution in [2.24, 2.45) is 11.8 Å². The molecule has 0 unspecified atom stereocenters. The number of rotatable bonds is 14. The van der Waals surface area contributed by atoms with Crippen molar-refractivity contribution in [2.75, 3.05) is 90.4 Å². The lowest BCUT2D eigenvalue weighted by molar-refractivity contribution is 0.00702. The van der Waals surface area contributed by atoms with Crippen molar-refractivity contribution in [3.63, 3.8) is 0 Å². The summed E-state index contributed by atoms with van der Waals surface area (Å²) in [6.45, 7) is 19.0. The van der Waals surface area contributed by atoms with Crippen molar-refractivity contribution in [3.05, 3.63) is 58.7 Å². The fourth-order valence-corrected chi connectivity index (χ4v) is 9.71. The zero-order chi connectivity index (χ0) is 39.8. The first-order valence-corrected chi connectivity index (χ1v) is 22.6. The Kier molecular flexibility index (Phi) is 14.3. The van der Waals surface area contributed by atoms with Crippen molar-refractivity contribution in [1.29, 1.82) is 0 Å². The minimum atomic E-state index is -0.671. The van der Waals surface area contributed by atoms with Gasteiger partial charge in [0, 0.05) is 38.3 Å². The van der Waals surface area contributed by atoms with Crippen molar-refractivity contribution in [2.45, 2.75) is 110 Å². The van der Waals surface area contributed by atoms with Crippen molar-refractivity contribution >= 4 is 29.2 Å². The quantitative estimate of drug-likeness (QED) is 0.195. The summed E-state index contributed by atoms with van der Waals surface area (Å²) in [4.78, 5) is 54.0. The zero-order valence-electron chi connectivity index (χ0n) is 35.4.